The molecule has 0 unspecified atom stereocenters. The van der Waals surface area contributed by atoms with Crippen molar-refractivity contribution >= 4 is 0 Å². The lowest BCUT2D eigenvalue weighted by atomic mass is 10.6. The second-order valence-corrected chi connectivity index (χ2v) is 1.90. The second kappa shape index (κ2) is 1.58. The predicted molar refractivity (Wildman–Crippen MR) is 29.1 cm³/mol. The normalized spacial score (nSPS) is 9.88. The van der Waals surface area contributed by atoms with Gasteiger partial charge in [-0.15, -0.1) is 0 Å². The third-order valence-corrected chi connectivity index (χ3v) is 1.36. The lowest BCUT2D eigenvalue weighted by molar-refractivity contribution is -0.760. The summed E-state index contributed by atoms with van der Waals surface area (Å²) in [6.07, 6.45) is 1.83. The average Bonchev–Trinajstić information content (AvgIpc) is 1.98. The van der Waals surface area contributed by atoms with Gasteiger partial charge in [-0.25, -0.2) is 0 Å². The van der Waals surface area contributed by atoms with Gasteiger partial charge in [-0.05, 0) is 4.80 Å². The van der Waals surface area contributed by atoms with Crippen LogP contribution in [0.2, 0.25) is 0 Å². The minimum Gasteiger partial charge on any atom is -0.161 e. The van der Waals surface area contributed by atoms with Crippen molar-refractivity contribution in [2.45, 2.75) is 6.92 Å². The van der Waals surface area contributed by atoms with Gasteiger partial charge < -0.3 is 0 Å². The highest BCUT2D eigenvalue weighted by atomic mass is 15.5. The van der Waals surface area contributed by atoms with E-state index in [1.165, 1.54) is 5.69 Å². The largest absolute Gasteiger partial charge is 0.209 e. The summed E-state index contributed by atoms with van der Waals surface area (Å²) in [5, 5.41) is 4.00. The van der Waals surface area contributed by atoms with E-state index in [0.29, 0.717) is 0 Å². The first kappa shape index (κ1) is 5.28. The average molecular weight is 112 g/mol. The van der Waals surface area contributed by atoms with Crippen molar-refractivity contribution in [3.8, 4) is 0 Å². The number of aromatic nitrogens is 3. The van der Waals surface area contributed by atoms with Gasteiger partial charge in [-0.3, -0.25) is 0 Å². The van der Waals surface area contributed by atoms with Crippen LogP contribution in [0.1, 0.15) is 5.69 Å². The molecule has 1 heterocycles. The van der Waals surface area contributed by atoms with Crippen LogP contribution in [0, 0.1) is 6.92 Å². The molecule has 0 aromatic carbocycles. The molecule has 0 bridgehead atoms. The highest BCUT2D eigenvalue weighted by Gasteiger charge is 2.02. The zero-order chi connectivity index (χ0) is 6.15. The molecule has 0 radical (unpaired) electrons. The number of rotatable bonds is 0. The smallest absolute Gasteiger partial charge is 0.161 e. The van der Waals surface area contributed by atoms with Crippen LogP contribution in [0.4, 0.5) is 0 Å². The fourth-order valence-corrected chi connectivity index (χ4v) is 0.556. The van der Waals surface area contributed by atoms with Crippen LogP contribution in [0.5, 0.6) is 0 Å². The van der Waals surface area contributed by atoms with Gasteiger partial charge in [-0.1, -0.05) is 0 Å². The molecule has 0 amide bonds. The standard InChI is InChI=1S/C5H10N3/c1-5-4-6-8(3)7(5)2/h4H,1-3H3/q+1. The first-order valence-corrected chi connectivity index (χ1v) is 2.56. The lowest BCUT2D eigenvalue weighted by Crippen LogP contribution is -2.39. The van der Waals surface area contributed by atoms with E-state index in [1.807, 2.05) is 31.9 Å². The van der Waals surface area contributed by atoms with Gasteiger partial charge in [0.15, 0.2) is 5.69 Å². The summed E-state index contributed by atoms with van der Waals surface area (Å²) >= 11 is 0. The second-order valence-electron chi connectivity index (χ2n) is 1.90. The van der Waals surface area contributed by atoms with Gasteiger partial charge in [0.05, 0.1) is 7.05 Å². The summed E-state index contributed by atoms with van der Waals surface area (Å²) in [6.45, 7) is 2.02. The van der Waals surface area contributed by atoms with Crippen LogP contribution < -0.4 is 4.68 Å². The molecule has 0 N–H and O–H groups in total. The van der Waals surface area contributed by atoms with Crippen LogP contribution in [-0.4, -0.2) is 9.90 Å². The van der Waals surface area contributed by atoms with E-state index in [-0.39, 0.29) is 0 Å². The van der Waals surface area contributed by atoms with Gasteiger partial charge in [0.25, 0.3) is 0 Å². The molecule has 0 saturated heterocycles. The Morgan fingerprint density at radius 3 is 2.50 bits per heavy atom. The number of aryl methyl sites for hydroxylation is 2. The van der Waals surface area contributed by atoms with E-state index >= 15 is 0 Å². The molecule has 0 aliphatic carbocycles. The molecular formula is C5H10N3+. The van der Waals surface area contributed by atoms with E-state index in [9.17, 15) is 0 Å². The van der Waals surface area contributed by atoms with Crippen molar-refractivity contribution in [1.82, 2.24) is 9.90 Å². The van der Waals surface area contributed by atoms with E-state index in [0.717, 1.165) is 0 Å². The molecule has 0 spiro atoms. The maximum absolute atomic E-state index is 4.00. The summed E-state index contributed by atoms with van der Waals surface area (Å²) in [4.78, 5) is 1.79. The maximum atomic E-state index is 4.00. The molecule has 3 nitrogen and oxygen atoms in total. The molecule has 0 aliphatic heterocycles. The zero-order valence-corrected chi connectivity index (χ0v) is 5.42. The Balaban J connectivity index is 3.19. The maximum Gasteiger partial charge on any atom is 0.209 e. The van der Waals surface area contributed by atoms with Gasteiger partial charge in [0.2, 0.25) is 6.20 Å². The van der Waals surface area contributed by atoms with Gasteiger partial charge in [0, 0.05) is 12.0 Å². The van der Waals surface area contributed by atoms with E-state index in [1.54, 1.807) is 4.80 Å². The van der Waals surface area contributed by atoms with Crippen LogP contribution in [0.25, 0.3) is 0 Å². The Labute approximate surface area is 48.5 Å². The number of hydrogen-bond acceptors (Lipinski definition) is 1. The fourth-order valence-electron chi connectivity index (χ4n) is 0.556. The van der Waals surface area contributed by atoms with Gasteiger partial charge in [-0.2, -0.15) is 4.68 Å². The monoisotopic (exact) mass is 112 g/mol. The minimum atomic E-state index is 1.17. The summed E-state index contributed by atoms with van der Waals surface area (Å²) in [6, 6.07) is 0. The lowest BCUT2D eigenvalue weighted by Gasteiger charge is -1.85. The fraction of sp³-hybridized carbons (Fsp3) is 0.600. The molecule has 8 heavy (non-hydrogen) atoms. The molecule has 1 aromatic heterocycles. The third kappa shape index (κ3) is 0.598. The van der Waals surface area contributed by atoms with Crippen molar-refractivity contribution in [2.75, 3.05) is 0 Å². The summed E-state index contributed by atoms with van der Waals surface area (Å²) in [5.41, 5.74) is 1.17. The molecule has 1 aromatic rings. The number of hydrogen-bond donors (Lipinski definition) is 0. The van der Waals surface area contributed by atoms with E-state index in [2.05, 4.69) is 5.10 Å². The molecule has 0 aliphatic rings. The molecule has 0 fully saturated rings. The predicted octanol–water partition coefficient (Wildman–Crippen LogP) is -0.447. The molecular weight excluding hydrogens is 102 g/mol. The first-order chi connectivity index (χ1) is 3.72. The molecule has 0 atom stereocenters. The number of nitrogens with zero attached hydrogens (tertiary/aromatic N) is 3. The minimum absolute atomic E-state index is 1.17. The van der Waals surface area contributed by atoms with Crippen LogP contribution in [0.15, 0.2) is 6.20 Å². The first-order valence-electron chi connectivity index (χ1n) is 2.56. The topological polar surface area (TPSA) is 21.7 Å². The molecule has 3 heteroatoms. The van der Waals surface area contributed by atoms with Crippen molar-refractivity contribution in [3.63, 3.8) is 0 Å². The summed E-state index contributed by atoms with van der Waals surface area (Å²) in [5.74, 6) is 0. The van der Waals surface area contributed by atoms with E-state index < -0.39 is 0 Å². The van der Waals surface area contributed by atoms with Crippen LogP contribution >= 0.6 is 0 Å². The Kier molecular flexibility index (Phi) is 1.04. The Bertz CT molecular complexity index is 170. The Morgan fingerprint density at radius 2 is 2.38 bits per heavy atom. The van der Waals surface area contributed by atoms with E-state index in [4.69, 9.17) is 0 Å². The van der Waals surface area contributed by atoms with Gasteiger partial charge >= 0.3 is 0 Å². The van der Waals surface area contributed by atoms with Gasteiger partial charge in [0.1, 0.15) is 7.05 Å². The van der Waals surface area contributed by atoms with Crippen molar-refractivity contribution in [3.05, 3.63) is 11.9 Å². The van der Waals surface area contributed by atoms with Crippen LogP contribution in [-0.2, 0) is 14.1 Å². The highest BCUT2D eigenvalue weighted by molar-refractivity contribution is 4.76. The van der Waals surface area contributed by atoms with Crippen molar-refractivity contribution < 1.29 is 4.68 Å². The molecule has 44 valence electrons. The Morgan fingerprint density at radius 1 is 1.75 bits per heavy atom. The van der Waals surface area contributed by atoms with Crippen molar-refractivity contribution in [1.29, 1.82) is 0 Å². The molecule has 1 rings (SSSR count). The quantitative estimate of drug-likeness (QED) is 0.417. The SMILES string of the molecule is Cc1cnn(C)[n+]1C. The highest BCUT2D eigenvalue weighted by Crippen LogP contribution is 1.78. The Hall–Kier alpha value is -0.860. The summed E-state index contributed by atoms with van der Waals surface area (Å²) < 4.78 is 1.97. The molecule has 0 saturated carbocycles. The van der Waals surface area contributed by atoms with Crippen molar-refractivity contribution in [2.24, 2.45) is 14.1 Å². The van der Waals surface area contributed by atoms with Crippen LogP contribution in [0.3, 0.4) is 0 Å². The zero-order valence-electron chi connectivity index (χ0n) is 5.42. The summed E-state index contributed by atoms with van der Waals surface area (Å²) in [7, 11) is 3.88. The third-order valence-electron chi connectivity index (χ3n) is 1.36.